The number of hydrogen-bond acceptors (Lipinski definition) is 3. The van der Waals surface area contributed by atoms with Crippen LogP contribution in [-0.4, -0.2) is 24.2 Å². The van der Waals surface area contributed by atoms with Crippen molar-refractivity contribution in [2.45, 2.75) is 12.8 Å². The van der Waals surface area contributed by atoms with E-state index < -0.39 is 17.4 Å². The minimum atomic E-state index is -1.73. The highest BCUT2D eigenvalue weighted by Gasteiger charge is 2.45. The quantitative estimate of drug-likeness (QED) is 0.490. The van der Waals surface area contributed by atoms with Gasteiger partial charge in [-0.3, -0.25) is 9.59 Å². The number of rotatable bonds is 6. The highest BCUT2D eigenvalue weighted by atomic mass is 16.5. The normalized spacial score (nSPS) is 13.4. The summed E-state index contributed by atoms with van der Waals surface area (Å²) in [6.45, 7) is 0. The lowest BCUT2D eigenvalue weighted by atomic mass is 9.81. The predicted molar refractivity (Wildman–Crippen MR) is 75.6 cm³/mol. The van der Waals surface area contributed by atoms with Crippen LogP contribution in [0.25, 0.3) is 6.08 Å². The minimum Gasteiger partial charge on any atom is -0.480 e. The Balaban J connectivity index is 2.96. The third-order valence-electron chi connectivity index (χ3n) is 2.97. The number of benzene rings is 1. The minimum absolute atomic E-state index is 0.0197. The van der Waals surface area contributed by atoms with E-state index in [1.807, 2.05) is 30.3 Å². The molecule has 0 aliphatic heterocycles. The molecule has 1 N–H and O–H groups in total. The molecular weight excluding hydrogens is 256 g/mol. The van der Waals surface area contributed by atoms with Gasteiger partial charge in [-0.1, -0.05) is 42.5 Å². The van der Waals surface area contributed by atoms with Gasteiger partial charge in [-0.05, 0) is 12.0 Å². The number of terminal acetylenes is 1. The second-order valence-electron chi connectivity index (χ2n) is 4.28. The first-order valence-electron chi connectivity index (χ1n) is 6.03. The fraction of sp³-hybridized carbons (Fsp3) is 0.250. The molecule has 1 aromatic rings. The summed E-state index contributed by atoms with van der Waals surface area (Å²) < 4.78 is 4.58. The molecule has 0 spiro atoms. The molecule has 0 radical (unpaired) electrons. The molecule has 0 amide bonds. The van der Waals surface area contributed by atoms with Gasteiger partial charge >= 0.3 is 11.9 Å². The Hall–Kier alpha value is -2.54. The zero-order valence-corrected chi connectivity index (χ0v) is 11.2. The van der Waals surface area contributed by atoms with Gasteiger partial charge in [-0.15, -0.1) is 12.3 Å². The van der Waals surface area contributed by atoms with Crippen LogP contribution >= 0.6 is 0 Å². The number of esters is 1. The van der Waals surface area contributed by atoms with Crippen LogP contribution < -0.4 is 0 Å². The van der Waals surface area contributed by atoms with Gasteiger partial charge in [-0.25, -0.2) is 0 Å². The average Bonchev–Trinajstić information content (AvgIpc) is 2.46. The molecule has 0 saturated heterocycles. The van der Waals surface area contributed by atoms with Crippen molar-refractivity contribution in [3.05, 3.63) is 42.0 Å². The number of carbonyl (C=O) groups excluding carboxylic acids is 1. The summed E-state index contributed by atoms with van der Waals surface area (Å²) in [5, 5.41) is 9.32. The van der Waals surface area contributed by atoms with E-state index in [4.69, 9.17) is 6.42 Å². The Bertz CT molecular complexity index is 539. The lowest BCUT2D eigenvalue weighted by Gasteiger charge is -2.22. The van der Waals surface area contributed by atoms with E-state index in [0.717, 1.165) is 12.7 Å². The zero-order chi connectivity index (χ0) is 15.0. The molecule has 20 heavy (non-hydrogen) atoms. The van der Waals surface area contributed by atoms with E-state index in [-0.39, 0.29) is 12.8 Å². The molecule has 4 nitrogen and oxygen atoms in total. The molecule has 0 aromatic heterocycles. The van der Waals surface area contributed by atoms with Gasteiger partial charge in [0.2, 0.25) is 0 Å². The lowest BCUT2D eigenvalue weighted by Crippen LogP contribution is -2.39. The van der Waals surface area contributed by atoms with Crippen molar-refractivity contribution in [2.24, 2.45) is 5.41 Å². The Kier molecular flexibility index (Phi) is 5.55. The number of hydrogen-bond donors (Lipinski definition) is 1. The molecular formula is C16H16O4. The summed E-state index contributed by atoms with van der Waals surface area (Å²) in [6.07, 6.45) is 8.32. The highest BCUT2D eigenvalue weighted by Crippen LogP contribution is 2.29. The van der Waals surface area contributed by atoms with Crippen LogP contribution in [0.5, 0.6) is 0 Å². The van der Waals surface area contributed by atoms with Crippen LogP contribution in [0, 0.1) is 17.8 Å². The monoisotopic (exact) mass is 272 g/mol. The molecule has 0 aliphatic rings. The second-order valence-corrected chi connectivity index (χ2v) is 4.28. The molecule has 1 unspecified atom stereocenters. The Morgan fingerprint density at radius 3 is 2.55 bits per heavy atom. The number of ether oxygens (including phenoxy) is 1. The smallest absolute Gasteiger partial charge is 0.324 e. The van der Waals surface area contributed by atoms with Crippen LogP contribution in [-0.2, 0) is 14.3 Å². The summed E-state index contributed by atoms with van der Waals surface area (Å²) >= 11 is 0. The fourth-order valence-electron chi connectivity index (χ4n) is 1.81. The highest BCUT2D eigenvalue weighted by molar-refractivity contribution is 5.99. The largest absolute Gasteiger partial charge is 0.480 e. The number of carboxylic acid groups (broad SMARTS) is 1. The first kappa shape index (κ1) is 15.5. The first-order valence-corrected chi connectivity index (χ1v) is 6.03. The molecule has 1 atom stereocenters. The summed E-state index contributed by atoms with van der Waals surface area (Å²) in [5.41, 5.74) is -0.813. The van der Waals surface area contributed by atoms with E-state index in [0.29, 0.717) is 0 Å². The maximum Gasteiger partial charge on any atom is 0.324 e. The Morgan fingerprint density at radius 2 is 2.05 bits per heavy atom. The number of allylic oxidation sites excluding steroid dienone is 1. The summed E-state index contributed by atoms with van der Waals surface area (Å²) in [7, 11) is 1.15. The zero-order valence-electron chi connectivity index (χ0n) is 11.2. The molecule has 1 rings (SSSR count). The van der Waals surface area contributed by atoms with Gasteiger partial charge in [0.1, 0.15) is 0 Å². The van der Waals surface area contributed by atoms with Crippen LogP contribution in [0.1, 0.15) is 18.4 Å². The SMILES string of the molecule is C#CCC(C/C=C/c1ccccc1)(C(=O)O)C(=O)OC. The molecule has 0 aliphatic carbocycles. The van der Waals surface area contributed by atoms with Gasteiger partial charge in [-0.2, -0.15) is 0 Å². The summed E-state index contributed by atoms with van der Waals surface area (Å²) in [6, 6.07) is 9.36. The molecule has 0 fully saturated rings. The average molecular weight is 272 g/mol. The van der Waals surface area contributed by atoms with Crippen molar-refractivity contribution in [1.82, 2.24) is 0 Å². The van der Waals surface area contributed by atoms with E-state index >= 15 is 0 Å². The fourth-order valence-corrected chi connectivity index (χ4v) is 1.81. The molecule has 104 valence electrons. The number of methoxy groups -OCH3 is 1. The molecule has 4 heteroatoms. The molecule has 0 saturated carbocycles. The summed E-state index contributed by atoms with van der Waals surface area (Å²) in [4.78, 5) is 23.2. The van der Waals surface area contributed by atoms with Gasteiger partial charge in [0.05, 0.1) is 7.11 Å². The third kappa shape index (κ3) is 3.48. The number of aliphatic carboxylic acids is 1. The van der Waals surface area contributed by atoms with Gasteiger partial charge in [0.25, 0.3) is 0 Å². The number of carboxylic acids is 1. The first-order chi connectivity index (χ1) is 9.56. The lowest BCUT2D eigenvalue weighted by molar-refractivity contribution is -0.166. The molecule has 1 aromatic carbocycles. The molecule has 0 bridgehead atoms. The Morgan fingerprint density at radius 1 is 1.40 bits per heavy atom. The van der Waals surface area contributed by atoms with E-state index in [1.54, 1.807) is 12.2 Å². The van der Waals surface area contributed by atoms with E-state index in [2.05, 4.69) is 10.7 Å². The van der Waals surface area contributed by atoms with Gasteiger partial charge < -0.3 is 9.84 Å². The second kappa shape index (κ2) is 7.15. The standard InChI is InChI=1S/C16H16O4/c1-3-11-16(14(17)18,15(19)20-2)12-7-10-13-8-5-4-6-9-13/h1,4-10H,11-12H2,2H3,(H,17,18)/b10-7+. The maximum atomic E-state index is 11.8. The predicted octanol–water partition coefficient (Wildman–Crippen LogP) is 2.36. The van der Waals surface area contributed by atoms with Gasteiger partial charge in [0.15, 0.2) is 5.41 Å². The topological polar surface area (TPSA) is 63.6 Å². The Labute approximate surface area is 118 Å². The van der Waals surface area contributed by atoms with Crippen molar-refractivity contribution in [2.75, 3.05) is 7.11 Å². The van der Waals surface area contributed by atoms with Crippen molar-refractivity contribution in [3.63, 3.8) is 0 Å². The van der Waals surface area contributed by atoms with Gasteiger partial charge in [0, 0.05) is 6.42 Å². The molecule has 0 heterocycles. The third-order valence-corrected chi connectivity index (χ3v) is 2.97. The van der Waals surface area contributed by atoms with Crippen molar-refractivity contribution in [1.29, 1.82) is 0 Å². The van der Waals surface area contributed by atoms with Crippen molar-refractivity contribution < 1.29 is 19.4 Å². The van der Waals surface area contributed by atoms with Crippen LogP contribution in [0.3, 0.4) is 0 Å². The maximum absolute atomic E-state index is 11.8. The summed E-state index contributed by atoms with van der Waals surface area (Å²) in [5.74, 6) is 0.128. The van der Waals surface area contributed by atoms with Crippen LogP contribution in [0.4, 0.5) is 0 Å². The van der Waals surface area contributed by atoms with E-state index in [9.17, 15) is 14.7 Å². The van der Waals surface area contributed by atoms with Crippen molar-refractivity contribution in [3.8, 4) is 12.3 Å². The van der Waals surface area contributed by atoms with Crippen LogP contribution in [0.15, 0.2) is 36.4 Å². The number of carbonyl (C=O) groups is 2. The van der Waals surface area contributed by atoms with Crippen LogP contribution in [0.2, 0.25) is 0 Å². The van der Waals surface area contributed by atoms with E-state index in [1.165, 1.54) is 0 Å². The van der Waals surface area contributed by atoms with Crippen molar-refractivity contribution >= 4 is 18.0 Å².